The number of nitrogens with zero attached hydrogens (tertiary/aromatic N) is 2. The highest BCUT2D eigenvalue weighted by atomic mass is 79.9. The minimum absolute atomic E-state index is 0. The number of unbranched alkanes of at least 4 members (excludes halogenated alkanes) is 1. The van der Waals surface area contributed by atoms with E-state index < -0.39 is 0 Å². The van der Waals surface area contributed by atoms with Crippen molar-refractivity contribution in [1.29, 1.82) is 0 Å². The highest BCUT2D eigenvalue weighted by molar-refractivity contribution is 6.31. The fourth-order valence-electron chi connectivity index (χ4n) is 6.40. The summed E-state index contributed by atoms with van der Waals surface area (Å²) in [6, 6.07) is 22.4. The van der Waals surface area contributed by atoms with Crippen LogP contribution in [0.25, 0.3) is 10.8 Å². The Morgan fingerprint density at radius 1 is 0.911 bits per heavy atom. The van der Waals surface area contributed by atoms with Crippen LogP contribution in [-0.4, -0.2) is 55.4 Å². The lowest BCUT2D eigenvalue weighted by molar-refractivity contribution is -0.938. The molecule has 0 saturated heterocycles. The van der Waals surface area contributed by atoms with E-state index in [1.165, 1.54) is 16.7 Å². The van der Waals surface area contributed by atoms with Crippen LogP contribution in [0.3, 0.4) is 0 Å². The number of aryl methyl sites for hydroxylation is 2. The third-order valence-electron chi connectivity index (χ3n) is 8.94. The number of ether oxygens (including phenoxy) is 3. The molecule has 0 N–H and O–H groups in total. The zero-order valence-electron chi connectivity index (χ0n) is 27.0. The van der Waals surface area contributed by atoms with E-state index in [1.807, 2.05) is 47.4 Å². The normalized spacial score (nSPS) is 12.2. The van der Waals surface area contributed by atoms with Gasteiger partial charge in [0.25, 0.3) is 5.91 Å². The van der Waals surface area contributed by atoms with Crippen molar-refractivity contribution in [3.8, 4) is 17.2 Å². The second kappa shape index (κ2) is 15.4. The number of fused-ring (bicyclic) bond motifs is 2. The highest BCUT2D eigenvalue weighted by Gasteiger charge is 2.26. The first-order valence-corrected chi connectivity index (χ1v) is 16.0. The number of benzene rings is 4. The van der Waals surface area contributed by atoms with Crippen molar-refractivity contribution in [2.24, 2.45) is 0 Å². The lowest BCUT2D eigenvalue weighted by atomic mass is 10.0. The monoisotopic (exact) mass is 694 g/mol. The number of rotatable bonds is 13. The topological polar surface area (TPSA) is 48.0 Å². The van der Waals surface area contributed by atoms with Crippen molar-refractivity contribution in [3.05, 3.63) is 99.6 Å². The van der Waals surface area contributed by atoms with Gasteiger partial charge >= 0.3 is 0 Å². The first-order chi connectivity index (χ1) is 21.2. The van der Waals surface area contributed by atoms with Crippen molar-refractivity contribution in [2.45, 2.75) is 53.6 Å². The Kier molecular flexibility index (Phi) is 11.8. The second-order valence-electron chi connectivity index (χ2n) is 12.0. The smallest absolute Gasteiger partial charge is 0.257 e. The largest absolute Gasteiger partial charge is 1.00 e. The molecule has 0 spiro atoms. The van der Waals surface area contributed by atoms with Gasteiger partial charge in [-0.15, -0.1) is 0 Å². The Hall–Kier alpha value is -3.26. The number of amides is 1. The lowest BCUT2D eigenvalue weighted by Gasteiger charge is -2.37. The standard InChI is InChI=1S/C37H44ClN2O4.BrH/c1-6-40(7-2,24-28-17-26(3)16-27(4)18-28)15-11-10-14-39(23-31-21-35-36(22-33(31)38)44-25-43-35)37(41)32-19-29-12-8-9-13-30(29)20-34(32)42-5;/h8-9,12-13,16-22H,6-7,10-11,14-15,23-25H2,1-5H3;1H/q+1;/p-1. The Labute approximate surface area is 283 Å². The van der Waals surface area contributed by atoms with Gasteiger partial charge in [-0.1, -0.05) is 65.2 Å². The highest BCUT2D eigenvalue weighted by Crippen LogP contribution is 2.38. The first kappa shape index (κ1) is 34.6. The molecular weight excluding hydrogens is 652 g/mol. The van der Waals surface area contributed by atoms with E-state index in [2.05, 4.69) is 45.9 Å². The second-order valence-corrected chi connectivity index (χ2v) is 12.4. The molecule has 0 bridgehead atoms. The maximum absolute atomic E-state index is 14.3. The quantitative estimate of drug-likeness (QED) is 0.140. The van der Waals surface area contributed by atoms with Crippen LogP contribution >= 0.6 is 11.6 Å². The van der Waals surface area contributed by atoms with Gasteiger partial charge in [0.1, 0.15) is 12.3 Å². The number of halogens is 2. The van der Waals surface area contributed by atoms with E-state index in [-0.39, 0.29) is 29.7 Å². The predicted molar refractivity (Wildman–Crippen MR) is 178 cm³/mol. The van der Waals surface area contributed by atoms with Crippen LogP contribution in [0.15, 0.2) is 66.7 Å². The van der Waals surface area contributed by atoms with Gasteiger partial charge in [0, 0.05) is 29.7 Å². The molecule has 8 heteroatoms. The molecule has 1 amide bonds. The first-order valence-electron chi connectivity index (χ1n) is 15.6. The van der Waals surface area contributed by atoms with Gasteiger partial charge < -0.3 is 40.6 Å². The molecule has 0 radical (unpaired) electrons. The molecule has 0 aliphatic carbocycles. The van der Waals surface area contributed by atoms with Crippen LogP contribution < -0.4 is 31.2 Å². The maximum atomic E-state index is 14.3. The minimum atomic E-state index is -0.0803. The van der Waals surface area contributed by atoms with Crippen LogP contribution in [0.1, 0.15) is 59.3 Å². The molecule has 45 heavy (non-hydrogen) atoms. The molecule has 240 valence electrons. The third kappa shape index (κ3) is 8.13. The number of hydrogen-bond acceptors (Lipinski definition) is 4. The summed E-state index contributed by atoms with van der Waals surface area (Å²) in [7, 11) is 1.61. The van der Waals surface area contributed by atoms with Crippen LogP contribution in [-0.2, 0) is 13.1 Å². The van der Waals surface area contributed by atoms with Crippen LogP contribution in [0.2, 0.25) is 5.02 Å². The fraction of sp³-hybridized carbons (Fsp3) is 0.378. The van der Waals surface area contributed by atoms with E-state index in [0.717, 1.165) is 59.8 Å². The average Bonchev–Trinajstić information content (AvgIpc) is 3.47. The average molecular weight is 696 g/mol. The molecule has 0 aromatic heterocycles. The van der Waals surface area contributed by atoms with E-state index in [1.54, 1.807) is 13.2 Å². The van der Waals surface area contributed by atoms with Gasteiger partial charge in [-0.25, -0.2) is 0 Å². The summed E-state index contributed by atoms with van der Waals surface area (Å²) >= 11 is 6.70. The van der Waals surface area contributed by atoms with Gasteiger partial charge in [0.05, 0.1) is 32.3 Å². The van der Waals surface area contributed by atoms with Crippen molar-refractivity contribution in [3.63, 3.8) is 0 Å². The summed E-state index contributed by atoms with van der Waals surface area (Å²) in [5.41, 5.74) is 5.39. The zero-order valence-corrected chi connectivity index (χ0v) is 29.3. The summed E-state index contributed by atoms with van der Waals surface area (Å²) in [5, 5.41) is 2.58. The third-order valence-corrected chi connectivity index (χ3v) is 9.29. The van der Waals surface area contributed by atoms with E-state index in [4.69, 9.17) is 25.8 Å². The van der Waals surface area contributed by atoms with Crippen LogP contribution in [0.4, 0.5) is 0 Å². The van der Waals surface area contributed by atoms with Gasteiger partial charge in [0.2, 0.25) is 6.79 Å². The van der Waals surface area contributed by atoms with Gasteiger partial charge in [-0.05, 0) is 75.1 Å². The lowest BCUT2D eigenvalue weighted by Crippen LogP contribution is -3.00. The van der Waals surface area contributed by atoms with Crippen molar-refractivity contribution < 1.29 is 40.5 Å². The zero-order chi connectivity index (χ0) is 31.3. The van der Waals surface area contributed by atoms with E-state index >= 15 is 0 Å². The van der Waals surface area contributed by atoms with E-state index in [9.17, 15) is 4.79 Å². The Morgan fingerprint density at radius 2 is 1.56 bits per heavy atom. The van der Waals surface area contributed by atoms with Crippen molar-refractivity contribution in [1.82, 2.24) is 4.90 Å². The molecule has 6 nitrogen and oxygen atoms in total. The summed E-state index contributed by atoms with van der Waals surface area (Å²) in [6.45, 7) is 14.2. The van der Waals surface area contributed by atoms with Crippen LogP contribution in [0.5, 0.6) is 17.2 Å². The summed E-state index contributed by atoms with van der Waals surface area (Å²) < 4.78 is 17.9. The molecule has 5 rings (SSSR count). The number of hydrogen-bond donors (Lipinski definition) is 0. The van der Waals surface area contributed by atoms with Gasteiger partial charge in [0.15, 0.2) is 11.5 Å². The Morgan fingerprint density at radius 3 is 2.20 bits per heavy atom. The molecule has 4 aromatic rings. The van der Waals surface area contributed by atoms with Crippen LogP contribution in [0, 0.1) is 13.8 Å². The molecule has 1 aliphatic heterocycles. The number of carbonyl (C=O) groups is 1. The molecule has 0 fully saturated rings. The summed E-state index contributed by atoms with van der Waals surface area (Å²) in [6.07, 6.45) is 1.87. The summed E-state index contributed by atoms with van der Waals surface area (Å²) in [4.78, 5) is 16.2. The fourth-order valence-corrected chi connectivity index (χ4v) is 6.62. The van der Waals surface area contributed by atoms with Gasteiger partial charge in [-0.2, -0.15) is 0 Å². The molecule has 0 saturated carbocycles. The van der Waals surface area contributed by atoms with Crippen molar-refractivity contribution in [2.75, 3.05) is 40.1 Å². The molecular formula is C37H44BrClN2O4. The molecule has 1 heterocycles. The maximum Gasteiger partial charge on any atom is 0.257 e. The number of methoxy groups -OCH3 is 1. The molecule has 1 aliphatic rings. The molecule has 0 unspecified atom stereocenters. The predicted octanol–water partition coefficient (Wildman–Crippen LogP) is 5.33. The van der Waals surface area contributed by atoms with Crippen molar-refractivity contribution >= 4 is 28.3 Å². The van der Waals surface area contributed by atoms with E-state index in [0.29, 0.717) is 40.9 Å². The Bertz CT molecular complexity index is 1620. The van der Waals surface area contributed by atoms with Gasteiger partial charge in [-0.3, -0.25) is 4.79 Å². The molecule has 0 atom stereocenters. The number of carbonyl (C=O) groups excluding carboxylic acids is 1. The Balaban J connectivity index is 0.00000461. The number of quaternary nitrogens is 1. The molecule has 4 aromatic carbocycles. The SMILES string of the molecule is CC[N+](CC)(CCCCN(Cc1cc2c(cc1Cl)OCO2)C(=O)c1cc2ccccc2cc1OC)Cc1cc(C)cc(C)c1.[Br-]. The minimum Gasteiger partial charge on any atom is -1.00 e. The summed E-state index contributed by atoms with van der Waals surface area (Å²) in [5.74, 6) is 1.77.